The van der Waals surface area contributed by atoms with Crippen LogP contribution in [0.3, 0.4) is 0 Å². The van der Waals surface area contributed by atoms with E-state index in [9.17, 15) is 15.0 Å². The molecule has 0 saturated heterocycles. The standard InChI is InChI=1S/C21H29NO4/c1-5-7-13(2)8-6-9-21(3)18(24)11-15-17(23)10-14-16(19(15)26-21)12-22(4)20(14)25/h8,10,18,23-24H,5-7,9,11-12H2,1-4H3/b13-8+/t18-,21-/m0/s1. The lowest BCUT2D eigenvalue weighted by molar-refractivity contribution is -0.0599. The van der Waals surface area contributed by atoms with Gasteiger partial charge in [-0.05, 0) is 39.2 Å². The van der Waals surface area contributed by atoms with E-state index in [2.05, 4.69) is 19.9 Å². The second-order valence-corrected chi connectivity index (χ2v) is 7.86. The lowest BCUT2D eigenvalue weighted by Crippen LogP contribution is -2.49. The summed E-state index contributed by atoms with van der Waals surface area (Å²) in [6.07, 6.45) is 5.56. The lowest BCUT2D eigenvalue weighted by atomic mass is 9.84. The lowest BCUT2D eigenvalue weighted by Gasteiger charge is -2.40. The number of amides is 1. The van der Waals surface area contributed by atoms with Crippen molar-refractivity contribution in [2.45, 2.75) is 71.1 Å². The zero-order valence-electron chi connectivity index (χ0n) is 16.1. The van der Waals surface area contributed by atoms with Crippen molar-refractivity contribution in [2.75, 3.05) is 7.05 Å². The number of aromatic hydroxyl groups is 1. The number of allylic oxidation sites excluding steroid dienone is 2. The molecule has 0 aromatic heterocycles. The van der Waals surface area contributed by atoms with Gasteiger partial charge in [0.25, 0.3) is 5.91 Å². The van der Waals surface area contributed by atoms with E-state index in [1.165, 1.54) is 11.6 Å². The third kappa shape index (κ3) is 3.20. The molecule has 2 atom stereocenters. The van der Waals surface area contributed by atoms with Gasteiger partial charge < -0.3 is 19.8 Å². The van der Waals surface area contributed by atoms with E-state index in [1.54, 1.807) is 11.9 Å². The second-order valence-electron chi connectivity index (χ2n) is 7.86. The van der Waals surface area contributed by atoms with Crippen LogP contribution in [0.4, 0.5) is 0 Å². The molecule has 1 aromatic carbocycles. The Morgan fingerprint density at radius 1 is 1.46 bits per heavy atom. The van der Waals surface area contributed by atoms with Gasteiger partial charge in [0.15, 0.2) is 0 Å². The van der Waals surface area contributed by atoms with Crippen molar-refractivity contribution in [1.82, 2.24) is 4.90 Å². The molecule has 0 fully saturated rings. The van der Waals surface area contributed by atoms with E-state index in [0.717, 1.165) is 24.8 Å². The predicted molar refractivity (Wildman–Crippen MR) is 101 cm³/mol. The molecule has 5 nitrogen and oxygen atoms in total. The molecule has 0 saturated carbocycles. The van der Waals surface area contributed by atoms with Crippen molar-refractivity contribution in [2.24, 2.45) is 0 Å². The van der Waals surface area contributed by atoms with Gasteiger partial charge >= 0.3 is 0 Å². The summed E-state index contributed by atoms with van der Waals surface area (Å²) in [6.45, 7) is 6.68. The fourth-order valence-corrected chi connectivity index (χ4v) is 3.94. The Kier molecular flexibility index (Phi) is 5.02. The molecule has 2 aliphatic heterocycles. The topological polar surface area (TPSA) is 70.0 Å². The van der Waals surface area contributed by atoms with Gasteiger partial charge in [0.1, 0.15) is 17.1 Å². The van der Waals surface area contributed by atoms with Crippen molar-refractivity contribution >= 4 is 5.91 Å². The van der Waals surface area contributed by atoms with Crippen LogP contribution in [0.1, 0.15) is 67.9 Å². The fraction of sp³-hybridized carbons (Fsp3) is 0.571. The Morgan fingerprint density at radius 2 is 2.19 bits per heavy atom. The highest BCUT2D eigenvalue weighted by molar-refractivity contribution is 5.99. The Hall–Kier alpha value is -2.01. The molecule has 0 unspecified atom stereocenters. The summed E-state index contributed by atoms with van der Waals surface area (Å²) in [5.41, 5.74) is 2.55. The van der Waals surface area contributed by atoms with E-state index in [-0.39, 0.29) is 11.7 Å². The molecule has 0 radical (unpaired) electrons. The van der Waals surface area contributed by atoms with Crippen molar-refractivity contribution in [3.05, 3.63) is 34.4 Å². The Morgan fingerprint density at radius 3 is 2.88 bits per heavy atom. The highest BCUT2D eigenvalue weighted by Gasteiger charge is 2.43. The highest BCUT2D eigenvalue weighted by atomic mass is 16.5. The maximum atomic E-state index is 12.3. The maximum absolute atomic E-state index is 12.3. The van der Waals surface area contributed by atoms with Crippen LogP contribution < -0.4 is 4.74 Å². The predicted octanol–water partition coefficient (Wildman–Crippen LogP) is 3.56. The van der Waals surface area contributed by atoms with Gasteiger partial charge in [-0.2, -0.15) is 0 Å². The maximum Gasteiger partial charge on any atom is 0.254 e. The van der Waals surface area contributed by atoms with Gasteiger partial charge in [-0.1, -0.05) is 25.0 Å². The summed E-state index contributed by atoms with van der Waals surface area (Å²) in [5, 5.41) is 21.0. The smallest absolute Gasteiger partial charge is 0.254 e. The minimum atomic E-state index is -0.734. The van der Waals surface area contributed by atoms with Crippen molar-refractivity contribution in [3.8, 4) is 11.5 Å². The normalized spacial score (nSPS) is 25.1. The van der Waals surface area contributed by atoms with E-state index in [1.807, 2.05) is 6.92 Å². The average molecular weight is 359 g/mol. The monoisotopic (exact) mass is 359 g/mol. The molecule has 0 aliphatic carbocycles. The van der Waals surface area contributed by atoms with Gasteiger partial charge in [-0.25, -0.2) is 0 Å². The van der Waals surface area contributed by atoms with Crippen molar-refractivity contribution in [3.63, 3.8) is 0 Å². The van der Waals surface area contributed by atoms with E-state index in [4.69, 9.17) is 4.74 Å². The summed E-state index contributed by atoms with van der Waals surface area (Å²) in [4.78, 5) is 13.9. The molecular formula is C21H29NO4. The van der Waals surface area contributed by atoms with Gasteiger partial charge in [0.2, 0.25) is 0 Å². The molecule has 2 N–H and O–H groups in total. The summed E-state index contributed by atoms with van der Waals surface area (Å²) >= 11 is 0. The first-order chi connectivity index (χ1) is 12.3. The summed E-state index contributed by atoms with van der Waals surface area (Å²) in [6, 6.07) is 1.51. The number of benzene rings is 1. The van der Waals surface area contributed by atoms with Gasteiger partial charge in [-0.15, -0.1) is 0 Å². The fourth-order valence-electron chi connectivity index (χ4n) is 3.94. The minimum absolute atomic E-state index is 0.0298. The number of hydrogen-bond acceptors (Lipinski definition) is 4. The largest absolute Gasteiger partial charge is 0.508 e. The van der Waals surface area contributed by atoms with Crippen LogP contribution >= 0.6 is 0 Å². The Labute approximate surface area is 155 Å². The third-order valence-electron chi connectivity index (χ3n) is 5.65. The number of hydrogen-bond donors (Lipinski definition) is 2. The van der Waals surface area contributed by atoms with E-state index < -0.39 is 11.7 Å². The number of nitrogens with zero attached hydrogens (tertiary/aromatic N) is 1. The molecule has 0 spiro atoms. The van der Waals surface area contributed by atoms with Crippen molar-refractivity contribution < 1.29 is 19.7 Å². The Bertz CT molecular complexity index is 755. The van der Waals surface area contributed by atoms with Gasteiger partial charge in [0.05, 0.1) is 18.2 Å². The second kappa shape index (κ2) is 6.95. The van der Waals surface area contributed by atoms with Crippen LogP contribution in [0, 0.1) is 0 Å². The Balaban J connectivity index is 1.88. The minimum Gasteiger partial charge on any atom is -0.508 e. The van der Waals surface area contributed by atoms with Crippen LogP contribution in [-0.4, -0.2) is 39.8 Å². The number of aliphatic hydroxyl groups is 1. The number of ether oxygens (including phenoxy) is 1. The van der Waals surface area contributed by atoms with Crippen molar-refractivity contribution in [1.29, 1.82) is 0 Å². The molecule has 5 heteroatoms. The molecule has 1 amide bonds. The number of phenols is 1. The van der Waals surface area contributed by atoms with Crippen LogP contribution in [0.15, 0.2) is 17.7 Å². The highest BCUT2D eigenvalue weighted by Crippen LogP contribution is 2.46. The summed E-state index contributed by atoms with van der Waals surface area (Å²) in [5.74, 6) is 0.509. The zero-order chi connectivity index (χ0) is 19.1. The van der Waals surface area contributed by atoms with Crippen LogP contribution in [-0.2, 0) is 13.0 Å². The number of fused-ring (bicyclic) bond motifs is 3. The molecule has 26 heavy (non-hydrogen) atoms. The molecule has 2 aliphatic rings. The van der Waals surface area contributed by atoms with Gasteiger partial charge in [-0.3, -0.25) is 4.79 Å². The number of rotatable bonds is 5. The molecule has 2 heterocycles. The van der Waals surface area contributed by atoms with E-state index in [0.29, 0.717) is 36.3 Å². The molecule has 0 bridgehead atoms. The molecule has 142 valence electrons. The number of phenolic OH excluding ortho intramolecular Hbond substituents is 1. The van der Waals surface area contributed by atoms with Crippen LogP contribution in [0.5, 0.6) is 11.5 Å². The first-order valence-corrected chi connectivity index (χ1v) is 9.42. The van der Waals surface area contributed by atoms with Crippen LogP contribution in [0.2, 0.25) is 0 Å². The first kappa shape index (κ1) is 18.8. The number of carbonyl (C=O) groups is 1. The average Bonchev–Trinajstić information content (AvgIpc) is 2.85. The zero-order valence-corrected chi connectivity index (χ0v) is 16.1. The number of carbonyl (C=O) groups excluding carboxylic acids is 1. The molecule has 3 rings (SSSR count). The number of aliphatic hydroxyl groups excluding tert-OH is 1. The molecule has 1 aromatic rings. The quantitative estimate of drug-likeness (QED) is 0.789. The van der Waals surface area contributed by atoms with Crippen LogP contribution in [0.25, 0.3) is 0 Å². The van der Waals surface area contributed by atoms with Gasteiger partial charge in [0, 0.05) is 24.6 Å². The van der Waals surface area contributed by atoms with E-state index >= 15 is 0 Å². The first-order valence-electron chi connectivity index (χ1n) is 9.42. The third-order valence-corrected chi connectivity index (χ3v) is 5.65. The summed E-state index contributed by atoms with van der Waals surface area (Å²) < 4.78 is 6.28. The summed E-state index contributed by atoms with van der Waals surface area (Å²) in [7, 11) is 1.74. The SMILES string of the molecule is CCC/C(C)=C/CC[C@]1(C)Oc2c(c(O)cc3c2CN(C)C3=O)C[C@@H]1O. The molecular weight excluding hydrogens is 330 g/mol.